The van der Waals surface area contributed by atoms with E-state index in [4.69, 9.17) is 58.5 Å². The molecule has 28 heavy (non-hydrogen) atoms. The lowest BCUT2D eigenvalue weighted by Gasteiger charge is -2.39. The fourth-order valence-corrected chi connectivity index (χ4v) is 3.96. The van der Waals surface area contributed by atoms with Crippen LogP contribution in [0.3, 0.4) is 0 Å². The number of nitrogens with one attached hydrogen (secondary N) is 1. The zero-order valence-corrected chi connectivity index (χ0v) is 17.1. The molecule has 0 aromatic rings. The summed E-state index contributed by atoms with van der Waals surface area (Å²) in [4.78, 5) is 23.0. The second-order valence-electron chi connectivity index (χ2n) is 6.92. The van der Waals surface area contributed by atoms with Crippen molar-refractivity contribution in [3.63, 3.8) is 0 Å². The maximum absolute atomic E-state index is 12.4. The number of hydrogen-bond donors (Lipinski definition) is 2. The Morgan fingerprint density at radius 3 is 2.46 bits per heavy atom. The first-order valence-corrected chi connectivity index (χ1v) is 10.2. The monoisotopic (exact) mass is 461 g/mol. The summed E-state index contributed by atoms with van der Waals surface area (Å²) in [6.45, 7) is -0.0515. The molecular weight excluding hydrogens is 441 g/mol. The average Bonchev–Trinajstić information content (AvgIpc) is 3.10. The van der Waals surface area contributed by atoms with Crippen LogP contribution in [0.1, 0.15) is 32.1 Å². The number of alkyl carbamates (subject to hydrolysis) is 1. The first kappa shape index (κ1) is 22.1. The van der Waals surface area contributed by atoms with E-state index in [9.17, 15) is 14.7 Å². The molecule has 0 unspecified atom stereocenters. The lowest BCUT2D eigenvalue weighted by molar-refractivity contribution is -0.262. The minimum Gasteiger partial charge on any atom is -0.465 e. The molecular formula is C16H22Cl3NO8. The topological polar surface area (TPSA) is 113 Å². The van der Waals surface area contributed by atoms with Crippen LogP contribution in [0, 0.1) is 0 Å². The molecule has 0 radical (unpaired) electrons. The Morgan fingerprint density at radius 1 is 1.14 bits per heavy atom. The Balaban J connectivity index is 1.70. The highest BCUT2D eigenvalue weighted by Crippen LogP contribution is 2.42. The normalized spacial score (nSPS) is 36.4. The van der Waals surface area contributed by atoms with Crippen molar-refractivity contribution in [1.29, 1.82) is 0 Å². The van der Waals surface area contributed by atoms with Crippen molar-refractivity contribution in [2.24, 2.45) is 0 Å². The fourth-order valence-electron chi connectivity index (χ4n) is 3.65. The van der Waals surface area contributed by atoms with Crippen LogP contribution in [0.2, 0.25) is 0 Å². The van der Waals surface area contributed by atoms with Gasteiger partial charge >= 0.3 is 6.09 Å². The molecule has 1 amide bonds. The van der Waals surface area contributed by atoms with Crippen molar-refractivity contribution in [1.82, 2.24) is 5.32 Å². The third-order valence-corrected chi connectivity index (χ3v) is 5.47. The van der Waals surface area contributed by atoms with Crippen LogP contribution in [0.4, 0.5) is 4.79 Å². The van der Waals surface area contributed by atoms with Crippen molar-refractivity contribution < 1.29 is 38.4 Å². The van der Waals surface area contributed by atoms with Gasteiger partial charge in [-0.3, -0.25) is 4.79 Å². The van der Waals surface area contributed by atoms with Gasteiger partial charge in [-0.15, -0.1) is 0 Å². The van der Waals surface area contributed by atoms with Crippen LogP contribution in [-0.2, 0) is 28.5 Å². The Hall–Kier alpha value is -0.550. The molecule has 1 aliphatic carbocycles. The summed E-state index contributed by atoms with van der Waals surface area (Å²) in [6.07, 6.45) is -2.58. The Kier molecular flexibility index (Phi) is 7.52. The molecule has 3 rings (SSSR count). The molecule has 3 aliphatic rings. The number of amides is 1. The molecule has 0 bridgehead atoms. The van der Waals surface area contributed by atoms with Gasteiger partial charge in [-0.05, 0) is 12.8 Å². The third-order valence-electron chi connectivity index (χ3n) is 4.94. The third kappa shape index (κ3) is 5.33. The van der Waals surface area contributed by atoms with Crippen molar-refractivity contribution >= 4 is 47.4 Å². The standard InChI is InChI=1S/C16H22Cl3NO8/c17-16(18,19)14-26-11-10(28-15(23)20-8-4-2-1-3-5-8)9(6-24-7-21)25-13(22)12(11)27-14/h7-14,22H,1-6H2,(H,20,23)/t9-,10-,11+,12-,13+,14+/m1/s1. The molecule has 2 saturated heterocycles. The van der Waals surface area contributed by atoms with Gasteiger partial charge in [-0.25, -0.2) is 4.79 Å². The van der Waals surface area contributed by atoms with E-state index in [-0.39, 0.29) is 19.1 Å². The quantitative estimate of drug-likeness (QED) is 0.470. The van der Waals surface area contributed by atoms with Crippen LogP contribution in [-0.4, -0.2) is 71.1 Å². The first-order chi connectivity index (χ1) is 13.3. The number of hydrogen-bond acceptors (Lipinski definition) is 8. The SMILES string of the molecule is O=COC[C@H]1O[C@H](O)[C@@H]2O[C@@H](C(Cl)(Cl)Cl)O[C@H]2[C@@H]1OC(=O)NC1CCCCC1. The van der Waals surface area contributed by atoms with E-state index in [1.807, 2.05) is 0 Å². The molecule has 3 fully saturated rings. The summed E-state index contributed by atoms with van der Waals surface area (Å²) < 4.78 is 24.8. The Bertz CT molecular complexity index is 556. The maximum atomic E-state index is 12.4. The van der Waals surface area contributed by atoms with E-state index in [1.54, 1.807) is 0 Å². The van der Waals surface area contributed by atoms with Gasteiger partial charge in [0.15, 0.2) is 12.4 Å². The molecule has 160 valence electrons. The lowest BCUT2D eigenvalue weighted by Crippen LogP contribution is -2.59. The van der Waals surface area contributed by atoms with Crippen molar-refractivity contribution in [3.8, 4) is 0 Å². The number of fused-ring (bicyclic) bond motifs is 1. The maximum Gasteiger partial charge on any atom is 0.407 e. The van der Waals surface area contributed by atoms with Crippen LogP contribution in [0.5, 0.6) is 0 Å². The van der Waals surface area contributed by atoms with Crippen molar-refractivity contribution in [3.05, 3.63) is 0 Å². The second-order valence-corrected chi connectivity index (χ2v) is 9.29. The molecule has 2 N–H and O–H groups in total. The van der Waals surface area contributed by atoms with E-state index < -0.39 is 46.9 Å². The van der Waals surface area contributed by atoms with Gasteiger partial charge in [0.05, 0.1) is 0 Å². The minimum absolute atomic E-state index is 0.0199. The Morgan fingerprint density at radius 2 is 1.82 bits per heavy atom. The molecule has 2 heterocycles. The van der Waals surface area contributed by atoms with E-state index in [2.05, 4.69) is 5.32 Å². The summed E-state index contributed by atoms with van der Waals surface area (Å²) in [5.74, 6) is 0. The highest BCUT2D eigenvalue weighted by Gasteiger charge is 2.58. The largest absolute Gasteiger partial charge is 0.465 e. The van der Waals surface area contributed by atoms with E-state index in [0.29, 0.717) is 0 Å². The number of carbonyl (C=O) groups excluding carboxylic acids is 2. The molecule has 1 saturated carbocycles. The Labute approximate surface area is 176 Å². The van der Waals surface area contributed by atoms with E-state index >= 15 is 0 Å². The van der Waals surface area contributed by atoms with E-state index in [1.165, 1.54) is 0 Å². The summed E-state index contributed by atoms with van der Waals surface area (Å²) in [6, 6.07) is 0.0199. The highest BCUT2D eigenvalue weighted by molar-refractivity contribution is 6.67. The fraction of sp³-hybridized carbons (Fsp3) is 0.875. The number of aliphatic hydroxyl groups excluding tert-OH is 1. The van der Waals surface area contributed by atoms with Gasteiger partial charge in [0.25, 0.3) is 6.47 Å². The molecule has 0 aromatic carbocycles. The lowest BCUT2D eigenvalue weighted by atomic mass is 9.96. The number of aliphatic hydroxyl groups is 1. The molecule has 0 spiro atoms. The van der Waals surface area contributed by atoms with Gasteiger partial charge in [-0.1, -0.05) is 54.1 Å². The van der Waals surface area contributed by atoms with Crippen molar-refractivity contribution in [2.75, 3.05) is 6.61 Å². The zero-order chi connectivity index (χ0) is 20.3. The predicted molar refractivity (Wildman–Crippen MR) is 97.0 cm³/mol. The van der Waals surface area contributed by atoms with Crippen LogP contribution in [0.25, 0.3) is 0 Å². The molecule has 2 aliphatic heterocycles. The molecule has 9 nitrogen and oxygen atoms in total. The zero-order valence-electron chi connectivity index (χ0n) is 14.8. The minimum atomic E-state index is -1.93. The van der Waals surface area contributed by atoms with Crippen LogP contribution < -0.4 is 5.32 Å². The number of halogens is 3. The number of alkyl halides is 3. The molecule has 6 atom stereocenters. The molecule has 0 aromatic heterocycles. The van der Waals surface area contributed by atoms with Crippen LogP contribution >= 0.6 is 34.8 Å². The van der Waals surface area contributed by atoms with Gasteiger partial charge in [0.1, 0.15) is 24.9 Å². The molecule has 12 heteroatoms. The average molecular weight is 463 g/mol. The summed E-state index contributed by atoms with van der Waals surface area (Å²) in [5.41, 5.74) is 0. The summed E-state index contributed by atoms with van der Waals surface area (Å²) in [5, 5.41) is 13.0. The van der Waals surface area contributed by atoms with Gasteiger partial charge in [-0.2, -0.15) is 0 Å². The van der Waals surface area contributed by atoms with Crippen molar-refractivity contribution in [2.45, 2.75) is 78.9 Å². The van der Waals surface area contributed by atoms with Gasteiger partial charge < -0.3 is 34.1 Å². The van der Waals surface area contributed by atoms with Gasteiger partial charge in [0, 0.05) is 6.04 Å². The van der Waals surface area contributed by atoms with E-state index in [0.717, 1.165) is 32.1 Å². The predicted octanol–water partition coefficient (Wildman–Crippen LogP) is 1.78. The summed E-state index contributed by atoms with van der Waals surface area (Å²) >= 11 is 17.5. The van der Waals surface area contributed by atoms with Crippen LogP contribution in [0.15, 0.2) is 0 Å². The number of carbonyl (C=O) groups is 2. The number of rotatable bonds is 5. The summed E-state index contributed by atoms with van der Waals surface area (Å²) in [7, 11) is 0. The smallest absolute Gasteiger partial charge is 0.407 e. The van der Waals surface area contributed by atoms with Gasteiger partial charge in [0.2, 0.25) is 10.1 Å². The highest BCUT2D eigenvalue weighted by atomic mass is 35.6. The first-order valence-electron chi connectivity index (χ1n) is 9.03. The number of ether oxygens (including phenoxy) is 5. The second kappa shape index (κ2) is 9.51.